The first-order valence-electron chi connectivity index (χ1n) is 5.73. The minimum atomic E-state index is -3.72. The van der Waals surface area contributed by atoms with Crippen LogP contribution in [0.4, 0.5) is 9.93 Å². The van der Waals surface area contributed by atoms with Crippen LogP contribution >= 0.6 is 22.9 Å². The number of anilines is 1. The van der Waals surface area contributed by atoms with Crippen LogP contribution in [0.2, 0.25) is 0 Å². The summed E-state index contributed by atoms with van der Waals surface area (Å²) in [6.07, 6.45) is 0. The number of sulfonamides is 1. The average Bonchev–Trinajstić information content (AvgIpc) is 2.93. The van der Waals surface area contributed by atoms with E-state index in [0.29, 0.717) is 0 Å². The number of hydrogen-bond acceptors (Lipinski definition) is 6. The average molecular weight is 342 g/mol. The van der Waals surface area contributed by atoms with Gasteiger partial charge >= 0.3 is 6.03 Å². The Morgan fingerprint density at radius 1 is 1.45 bits per heavy atom. The number of nitrogens with zero attached hydrogens (tertiary/aromatic N) is 4. The molecule has 0 saturated carbocycles. The molecule has 0 atom stereocenters. The van der Waals surface area contributed by atoms with E-state index in [1.54, 1.807) is 6.92 Å². The number of carbonyl (C=O) groups is 1. The lowest BCUT2D eigenvalue weighted by molar-refractivity contribution is 0.249. The van der Waals surface area contributed by atoms with Gasteiger partial charge in [-0.1, -0.05) is 18.3 Å². The van der Waals surface area contributed by atoms with Crippen LogP contribution in [0, 0.1) is 0 Å². The van der Waals surface area contributed by atoms with Crippen molar-refractivity contribution in [1.82, 2.24) is 19.8 Å². The van der Waals surface area contributed by atoms with Crippen LogP contribution in [-0.4, -0.2) is 62.0 Å². The molecule has 11 heteroatoms. The molecule has 0 aliphatic carbocycles. The summed E-state index contributed by atoms with van der Waals surface area (Å²) in [7, 11) is -0.776. The van der Waals surface area contributed by atoms with E-state index < -0.39 is 16.1 Å². The number of urea groups is 1. The van der Waals surface area contributed by atoms with Crippen LogP contribution in [0.3, 0.4) is 0 Å². The second-order valence-electron chi connectivity index (χ2n) is 3.65. The zero-order chi connectivity index (χ0) is 15.3. The highest BCUT2D eigenvalue weighted by Crippen LogP contribution is 2.25. The number of hydrogen-bond donors (Lipinski definition) is 1. The fraction of sp³-hybridized carbons (Fsp3) is 0.667. The molecule has 0 unspecified atom stereocenters. The van der Waals surface area contributed by atoms with Crippen LogP contribution in [0.25, 0.3) is 0 Å². The van der Waals surface area contributed by atoms with Gasteiger partial charge < -0.3 is 5.32 Å². The number of rotatable bonds is 6. The van der Waals surface area contributed by atoms with Crippen molar-refractivity contribution in [2.24, 2.45) is 0 Å². The van der Waals surface area contributed by atoms with E-state index in [9.17, 15) is 13.2 Å². The van der Waals surface area contributed by atoms with Crippen molar-refractivity contribution in [3.63, 3.8) is 0 Å². The lowest BCUT2D eigenvalue weighted by atomic mass is 10.7. The zero-order valence-corrected chi connectivity index (χ0v) is 13.7. The van der Waals surface area contributed by atoms with Gasteiger partial charge in [0.2, 0.25) is 9.47 Å². The van der Waals surface area contributed by atoms with E-state index >= 15 is 0 Å². The molecular weight excluding hydrogens is 326 g/mol. The van der Waals surface area contributed by atoms with Gasteiger partial charge in [0.25, 0.3) is 10.0 Å². The molecule has 1 heterocycles. The summed E-state index contributed by atoms with van der Waals surface area (Å²) in [5, 5.41) is 9.99. The summed E-state index contributed by atoms with van der Waals surface area (Å²) < 4.78 is 25.6. The Morgan fingerprint density at radius 3 is 2.60 bits per heavy atom. The number of aromatic nitrogens is 2. The standard InChI is InChI=1S/C9H16ClN5O3S2/c1-4-15(6-5-10)20(17,18)9-13-12-8(19-9)14(3)7(16)11-2/h4-6H2,1-3H3,(H,11,16). The first-order chi connectivity index (χ1) is 9.38. The third kappa shape index (κ3) is 3.57. The van der Waals surface area contributed by atoms with Gasteiger partial charge in [-0.05, 0) is 0 Å². The van der Waals surface area contributed by atoms with Crippen LogP contribution < -0.4 is 10.2 Å². The molecule has 0 fully saturated rings. The Balaban J connectivity index is 3.04. The van der Waals surface area contributed by atoms with E-state index in [0.717, 1.165) is 11.3 Å². The summed E-state index contributed by atoms with van der Waals surface area (Å²) >= 11 is 6.42. The molecule has 2 amide bonds. The number of amides is 2. The van der Waals surface area contributed by atoms with Crippen molar-refractivity contribution >= 4 is 44.1 Å². The minimum Gasteiger partial charge on any atom is -0.341 e. The van der Waals surface area contributed by atoms with Gasteiger partial charge in [0.15, 0.2) is 0 Å². The van der Waals surface area contributed by atoms with Crippen molar-refractivity contribution in [1.29, 1.82) is 0 Å². The van der Waals surface area contributed by atoms with Gasteiger partial charge in [0.1, 0.15) is 0 Å². The van der Waals surface area contributed by atoms with Gasteiger partial charge in [0.05, 0.1) is 0 Å². The maximum Gasteiger partial charge on any atom is 0.323 e. The van der Waals surface area contributed by atoms with Crippen molar-refractivity contribution in [2.75, 3.05) is 38.0 Å². The number of halogens is 1. The highest BCUT2D eigenvalue weighted by molar-refractivity contribution is 7.91. The highest BCUT2D eigenvalue weighted by Gasteiger charge is 2.28. The SMILES string of the molecule is CCN(CCCl)S(=O)(=O)c1nnc(N(C)C(=O)NC)s1. The molecular formula is C9H16ClN5O3S2. The van der Waals surface area contributed by atoms with E-state index in [-0.39, 0.29) is 28.4 Å². The van der Waals surface area contributed by atoms with Crippen molar-refractivity contribution < 1.29 is 13.2 Å². The first-order valence-corrected chi connectivity index (χ1v) is 8.52. The Bertz CT molecular complexity index is 562. The van der Waals surface area contributed by atoms with Gasteiger partial charge in [-0.15, -0.1) is 21.8 Å². The predicted molar refractivity (Wildman–Crippen MR) is 77.9 cm³/mol. The molecule has 0 aliphatic heterocycles. The Labute approximate surface area is 126 Å². The number of alkyl halides is 1. The fourth-order valence-corrected chi connectivity index (χ4v) is 4.19. The lowest BCUT2D eigenvalue weighted by Crippen LogP contribution is -2.34. The number of carbonyl (C=O) groups excluding carboxylic acids is 1. The largest absolute Gasteiger partial charge is 0.341 e. The third-order valence-corrected chi connectivity index (χ3v) is 5.94. The quantitative estimate of drug-likeness (QED) is 0.602. The second-order valence-corrected chi connectivity index (χ2v) is 7.10. The molecule has 0 spiro atoms. The van der Waals surface area contributed by atoms with Gasteiger partial charge in [0, 0.05) is 33.1 Å². The molecule has 0 aromatic carbocycles. The van der Waals surface area contributed by atoms with Crippen LogP contribution in [-0.2, 0) is 10.0 Å². The molecule has 1 rings (SSSR count). The topological polar surface area (TPSA) is 95.5 Å². The zero-order valence-electron chi connectivity index (χ0n) is 11.3. The predicted octanol–water partition coefficient (Wildman–Crippen LogP) is 0.563. The normalized spacial score (nSPS) is 11.7. The van der Waals surface area contributed by atoms with Gasteiger partial charge in [-0.3, -0.25) is 4.90 Å². The van der Waals surface area contributed by atoms with Crippen molar-refractivity contribution in [2.45, 2.75) is 11.3 Å². The summed E-state index contributed by atoms with van der Waals surface area (Å²) in [6, 6.07) is -0.404. The molecule has 20 heavy (non-hydrogen) atoms. The van der Waals surface area contributed by atoms with Crippen LogP contribution in [0.15, 0.2) is 4.34 Å². The molecule has 114 valence electrons. The van der Waals surface area contributed by atoms with Crippen molar-refractivity contribution in [3.05, 3.63) is 0 Å². The van der Waals surface area contributed by atoms with E-state index in [1.165, 1.54) is 23.3 Å². The van der Waals surface area contributed by atoms with Crippen LogP contribution in [0.1, 0.15) is 6.92 Å². The molecule has 0 saturated heterocycles. The lowest BCUT2D eigenvalue weighted by Gasteiger charge is -2.16. The maximum atomic E-state index is 12.3. The maximum absolute atomic E-state index is 12.3. The first kappa shape index (κ1) is 17.1. The Morgan fingerprint density at radius 2 is 2.10 bits per heavy atom. The number of nitrogens with one attached hydrogen (secondary N) is 1. The summed E-state index contributed by atoms with van der Waals surface area (Å²) in [5.41, 5.74) is 0. The highest BCUT2D eigenvalue weighted by atomic mass is 35.5. The summed E-state index contributed by atoms with van der Waals surface area (Å²) in [5.74, 6) is 0.191. The molecule has 1 aromatic heterocycles. The summed E-state index contributed by atoms with van der Waals surface area (Å²) in [4.78, 5) is 12.6. The van der Waals surface area contributed by atoms with Gasteiger partial charge in [-0.2, -0.15) is 4.31 Å². The molecule has 1 N–H and O–H groups in total. The smallest absolute Gasteiger partial charge is 0.323 e. The second kappa shape index (κ2) is 7.16. The monoisotopic (exact) mass is 341 g/mol. The van der Waals surface area contributed by atoms with E-state index in [2.05, 4.69) is 15.5 Å². The molecule has 0 bridgehead atoms. The third-order valence-electron chi connectivity index (χ3n) is 2.45. The van der Waals surface area contributed by atoms with E-state index in [4.69, 9.17) is 11.6 Å². The molecule has 1 aromatic rings. The fourth-order valence-electron chi connectivity index (χ4n) is 1.35. The van der Waals surface area contributed by atoms with Crippen LogP contribution in [0.5, 0.6) is 0 Å². The minimum absolute atomic E-state index is 0.157. The van der Waals surface area contributed by atoms with E-state index in [1.807, 2.05) is 0 Å². The molecule has 0 aliphatic rings. The molecule has 0 radical (unpaired) electrons. The Kier molecular flexibility index (Phi) is 6.11. The van der Waals surface area contributed by atoms with Gasteiger partial charge in [-0.25, -0.2) is 13.2 Å². The Hall–Kier alpha value is -0.970. The van der Waals surface area contributed by atoms with Crippen molar-refractivity contribution in [3.8, 4) is 0 Å². The summed E-state index contributed by atoms with van der Waals surface area (Å²) in [6.45, 7) is 2.19. The molecule has 8 nitrogen and oxygen atoms in total.